The molecule has 0 aliphatic rings. The zero-order valence-electron chi connectivity index (χ0n) is 8.39. The van der Waals surface area contributed by atoms with Crippen LogP contribution in [0.4, 0.5) is 8.78 Å². The third kappa shape index (κ3) is 2.38. The lowest BCUT2D eigenvalue weighted by Gasteiger charge is -2.04. The van der Waals surface area contributed by atoms with Crippen LogP contribution in [0.2, 0.25) is 0 Å². The molecule has 1 N–H and O–H groups in total. The third-order valence-corrected chi connectivity index (χ3v) is 2.71. The first-order valence-corrected chi connectivity index (χ1v) is 5.47. The van der Waals surface area contributed by atoms with E-state index in [2.05, 4.69) is 20.2 Å². The van der Waals surface area contributed by atoms with Crippen LogP contribution >= 0.6 is 11.8 Å². The second kappa shape index (κ2) is 4.60. The molecule has 0 aromatic carbocycles. The van der Waals surface area contributed by atoms with Gasteiger partial charge in [-0.15, -0.1) is 5.10 Å². The fraction of sp³-hybridized carbons (Fsp3) is 0.375. The van der Waals surface area contributed by atoms with E-state index in [0.717, 1.165) is 4.57 Å². The molecular formula is C8H9F2N5S. The summed E-state index contributed by atoms with van der Waals surface area (Å²) in [6, 6.07) is 0. The SMILES string of the molecule is Cc1nc(SCc2nccn2C(F)F)n[nH]1. The van der Waals surface area contributed by atoms with Gasteiger partial charge in [0.25, 0.3) is 0 Å². The summed E-state index contributed by atoms with van der Waals surface area (Å²) in [7, 11) is 0. The van der Waals surface area contributed by atoms with Crippen molar-refractivity contribution in [1.82, 2.24) is 24.7 Å². The minimum absolute atomic E-state index is 0.308. The van der Waals surface area contributed by atoms with Crippen LogP contribution < -0.4 is 0 Å². The van der Waals surface area contributed by atoms with E-state index in [4.69, 9.17) is 0 Å². The Morgan fingerprint density at radius 1 is 1.56 bits per heavy atom. The van der Waals surface area contributed by atoms with Crippen molar-refractivity contribution in [3.8, 4) is 0 Å². The van der Waals surface area contributed by atoms with E-state index in [0.29, 0.717) is 22.6 Å². The van der Waals surface area contributed by atoms with Crippen LogP contribution in [0.15, 0.2) is 17.6 Å². The number of hydrogen-bond donors (Lipinski definition) is 1. The number of rotatable bonds is 4. The number of nitrogens with one attached hydrogen (secondary N) is 1. The van der Waals surface area contributed by atoms with Gasteiger partial charge in [-0.3, -0.25) is 9.67 Å². The highest BCUT2D eigenvalue weighted by Crippen LogP contribution is 2.20. The number of imidazole rings is 1. The van der Waals surface area contributed by atoms with Gasteiger partial charge in [-0.2, -0.15) is 8.78 Å². The van der Waals surface area contributed by atoms with Gasteiger partial charge < -0.3 is 0 Å². The highest BCUT2D eigenvalue weighted by molar-refractivity contribution is 7.98. The minimum Gasteiger partial charge on any atom is -0.277 e. The number of nitrogens with zero attached hydrogens (tertiary/aromatic N) is 4. The lowest BCUT2D eigenvalue weighted by atomic mass is 10.7. The Bertz CT molecular complexity index is 466. The molecule has 0 fully saturated rings. The Kier molecular flexibility index (Phi) is 3.18. The Balaban J connectivity index is 2.02. The van der Waals surface area contributed by atoms with Crippen LogP contribution in [0, 0.1) is 6.92 Å². The van der Waals surface area contributed by atoms with Crippen molar-refractivity contribution >= 4 is 11.8 Å². The molecule has 0 aliphatic carbocycles. The molecule has 2 aromatic heterocycles. The van der Waals surface area contributed by atoms with Gasteiger partial charge in [-0.25, -0.2) is 9.97 Å². The summed E-state index contributed by atoms with van der Waals surface area (Å²) in [6.45, 7) is -0.788. The van der Waals surface area contributed by atoms with Crippen LogP contribution in [-0.2, 0) is 5.75 Å². The molecule has 0 saturated carbocycles. The number of alkyl halides is 2. The molecule has 2 rings (SSSR count). The van der Waals surface area contributed by atoms with Gasteiger partial charge in [0.2, 0.25) is 5.16 Å². The van der Waals surface area contributed by atoms with Gasteiger partial charge in [0.15, 0.2) is 0 Å². The number of thioether (sulfide) groups is 1. The first-order chi connectivity index (χ1) is 7.66. The molecule has 2 heterocycles. The topological polar surface area (TPSA) is 59.4 Å². The van der Waals surface area contributed by atoms with Crippen LogP contribution in [-0.4, -0.2) is 24.7 Å². The highest BCUT2D eigenvalue weighted by Gasteiger charge is 2.12. The second-order valence-electron chi connectivity index (χ2n) is 3.02. The Morgan fingerprint density at radius 2 is 2.38 bits per heavy atom. The molecule has 0 aliphatic heterocycles. The fourth-order valence-corrected chi connectivity index (χ4v) is 1.94. The molecule has 0 spiro atoms. The predicted octanol–water partition coefficient (Wildman–Crippen LogP) is 2.00. The summed E-state index contributed by atoms with van der Waals surface area (Å²) < 4.78 is 25.8. The van der Waals surface area contributed by atoms with Gasteiger partial charge >= 0.3 is 6.55 Å². The average molecular weight is 245 g/mol. The van der Waals surface area contributed by atoms with Crippen LogP contribution in [0.3, 0.4) is 0 Å². The quantitative estimate of drug-likeness (QED) is 0.837. The van der Waals surface area contributed by atoms with Crippen molar-refractivity contribution in [3.63, 3.8) is 0 Å². The van der Waals surface area contributed by atoms with Gasteiger partial charge in [0.05, 0.1) is 5.75 Å². The maximum atomic E-state index is 12.5. The molecule has 0 amide bonds. The highest BCUT2D eigenvalue weighted by atomic mass is 32.2. The average Bonchev–Trinajstić information content (AvgIpc) is 2.83. The standard InChI is InChI=1S/C8H9F2N5S/c1-5-12-8(14-13-5)16-4-6-11-2-3-15(6)7(9)10/h2-3,7H,4H2,1H3,(H,12,13,14). The number of aromatic nitrogens is 5. The summed E-state index contributed by atoms with van der Waals surface area (Å²) >= 11 is 1.26. The van der Waals surface area contributed by atoms with Crippen LogP contribution in [0.1, 0.15) is 18.2 Å². The number of H-pyrrole nitrogens is 1. The summed E-state index contributed by atoms with van der Waals surface area (Å²) in [5.74, 6) is 1.32. The lowest BCUT2D eigenvalue weighted by molar-refractivity contribution is 0.0678. The maximum Gasteiger partial charge on any atom is 0.319 e. The summed E-state index contributed by atoms with van der Waals surface area (Å²) in [5.41, 5.74) is 0. The molecule has 16 heavy (non-hydrogen) atoms. The molecule has 0 atom stereocenters. The van der Waals surface area contributed by atoms with Crippen molar-refractivity contribution in [3.05, 3.63) is 24.0 Å². The smallest absolute Gasteiger partial charge is 0.277 e. The number of hydrogen-bond acceptors (Lipinski definition) is 4. The monoisotopic (exact) mass is 245 g/mol. The van der Waals surface area contributed by atoms with Crippen molar-refractivity contribution in [1.29, 1.82) is 0 Å². The first-order valence-electron chi connectivity index (χ1n) is 4.48. The van der Waals surface area contributed by atoms with E-state index in [9.17, 15) is 8.78 Å². The lowest BCUT2D eigenvalue weighted by Crippen LogP contribution is -2.02. The second-order valence-corrected chi connectivity index (χ2v) is 3.96. The van der Waals surface area contributed by atoms with Gasteiger partial charge in [-0.05, 0) is 6.92 Å². The van der Waals surface area contributed by atoms with E-state index >= 15 is 0 Å². The molecule has 0 unspecified atom stereocenters. The van der Waals surface area contributed by atoms with Gasteiger partial charge in [-0.1, -0.05) is 11.8 Å². The zero-order valence-corrected chi connectivity index (χ0v) is 9.21. The molecule has 0 radical (unpaired) electrons. The molecule has 0 bridgehead atoms. The third-order valence-electron chi connectivity index (χ3n) is 1.87. The van der Waals surface area contributed by atoms with Gasteiger partial charge in [0.1, 0.15) is 11.6 Å². The molecule has 0 saturated heterocycles. The summed E-state index contributed by atoms with van der Waals surface area (Å²) in [4.78, 5) is 7.91. The predicted molar refractivity (Wildman–Crippen MR) is 54.2 cm³/mol. The molecular weight excluding hydrogens is 236 g/mol. The van der Waals surface area contributed by atoms with E-state index in [-0.39, 0.29) is 0 Å². The van der Waals surface area contributed by atoms with E-state index in [1.165, 1.54) is 24.2 Å². The fourth-order valence-electron chi connectivity index (χ4n) is 1.15. The molecule has 86 valence electrons. The van der Waals surface area contributed by atoms with Crippen molar-refractivity contribution in [2.75, 3.05) is 0 Å². The van der Waals surface area contributed by atoms with E-state index < -0.39 is 6.55 Å². The minimum atomic E-state index is -2.56. The van der Waals surface area contributed by atoms with Crippen molar-refractivity contribution in [2.24, 2.45) is 0 Å². The Labute approximate surface area is 94.3 Å². The molecule has 2 aromatic rings. The Hall–Kier alpha value is -1.44. The van der Waals surface area contributed by atoms with Crippen LogP contribution in [0.5, 0.6) is 0 Å². The number of aromatic amines is 1. The maximum absolute atomic E-state index is 12.5. The summed E-state index contributed by atoms with van der Waals surface area (Å²) in [6.07, 6.45) is 2.61. The van der Waals surface area contributed by atoms with Crippen molar-refractivity contribution < 1.29 is 8.78 Å². The first kappa shape index (κ1) is 11.1. The largest absolute Gasteiger partial charge is 0.319 e. The van der Waals surface area contributed by atoms with Crippen molar-refractivity contribution in [2.45, 2.75) is 24.4 Å². The number of halogens is 2. The van der Waals surface area contributed by atoms with E-state index in [1.54, 1.807) is 6.92 Å². The summed E-state index contributed by atoms with van der Waals surface area (Å²) in [5, 5.41) is 7.10. The molecule has 5 nitrogen and oxygen atoms in total. The Morgan fingerprint density at radius 3 is 3.00 bits per heavy atom. The zero-order chi connectivity index (χ0) is 11.5. The number of aryl methyl sites for hydroxylation is 1. The molecule has 8 heteroatoms. The van der Waals surface area contributed by atoms with Crippen LogP contribution in [0.25, 0.3) is 0 Å². The normalized spacial score (nSPS) is 11.2. The van der Waals surface area contributed by atoms with E-state index in [1.807, 2.05) is 0 Å². The van der Waals surface area contributed by atoms with Gasteiger partial charge in [0, 0.05) is 12.4 Å².